The molecule has 0 aliphatic carbocycles. The number of thiocarbonyl (C=S) groups is 3. The van der Waals surface area contributed by atoms with Gasteiger partial charge in [-0.05, 0) is 38.5 Å². The number of rotatable bonds is 24. The zero-order chi connectivity index (χ0) is 32.4. The topological polar surface area (TPSA) is 9.72 Å². The summed E-state index contributed by atoms with van der Waals surface area (Å²) < 4.78 is 1.95. The average Bonchev–Trinajstić information content (AvgIpc) is 2.95. The molecule has 0 heterocycles. The van der Waals surface area contributed by atoms with Gasteiger partial charge in [-0.3, -0.25) is 0 Å². The first-order chi connectivity index (χ1) is 20.2. The normalized spacial score (nSPS) is 9.91. The van der Waals surface area contributed by atoms with Gasteiger partial charge in [-0.1, -0.05) is 132 Å². The first-order valence-electron chi connectivity index (χ1n) is 17.0. The van der Waals surface area contributed by atoms with Gasteiger partial charge in [0.25, 0.3) is 0 Å². The summed E-state index contributed by atoms with van der Waals surface area (Å²) in [6.45, 7) is 19.6. The average molecular weight is 708 g/mol. The van der Waals surface area contributed by atoms with E-state index in [9.17, 15) is 0 Å². The summed E-state index contributed by atoms with van der Waals surface area (Å²) in [6.07, 6.45) is 22.6. The second kappa shape index (κ2) is 40.4. The molecular weight excluding hydrogens is 642 g/mol. The second-order valence-corrected chi connectivity index (χ2v) is 14.1. The monoisotopic (exact) mass is 707 g/mol. The fraction of sp³-hybridized carbons (Fsp3) is 0.909. The summed E-state index contributed by atoms with van der Waals surface area (Å²) in [6, 6.07) is 0. The molecule has 0 aliphatic heterocycles. The SMILES string of the molecule is CCCCCN(CCCCC)C(=S)[S-].CCCCCN(CCCCC)C(=S)[S-].CCCCCN(CCCCC)C(=S)[S-].[B+3]. The minimum absolute atomic E-state index is 0. The Morgan fingerprint density at radius 3 is 0.581 bits per heavy atom. The van der Waals surface area contributed by atoms with Crippen LogP contribution in [-0.2, 0) is 37.9 Å². The van der Waals surface area contributed by atoms with Crippen LogP contribution in [0.15, 0.2) is 0 Å². The zero-order valence-corrected chi connectivity index (χ0v) is 33.7. The van der Waals surface area contributed by atoms with Crippen LogP contribution in [-0.4, -0.2) is 75.3 Å². The van der Waals surface area contributed by atoms with E-state index in [1.165, 1.54) is 116 Å². The van der Waals surface area contributed by atoms with E-state index in [0.717, 1.165) is 39.3 Å². The minimum atomic E-state index is 0. The molecule has 0 aromatic carbocycles. The summed E-state index contributed by atoms with van der Waals surface area (Å²) in [7, 11) is 0. The quantitative estimate of drug-likeness (QED) is 0.0416. The molecule has 0 N–H and O–H groups in total. The van der Waals surface area contributed by atoms with E-state index in [1.807, 2.05) is 0 Å². The molecule has 0 fully saturated rings. The number of hydrogen-bond donors (Lipinski definition) is 0. The van der Waals surface area contributed by atoms with E-state index in [2.05, 4.69) is 56.2 Å². The van der Waals surface area contributed by atoms with Gasteiger partial charge >= 0.3 is 8.41 Å². The number of nitrogens with zero attached hydrogens (tertiary/aromatic N) is 3. The number of unbranched alkanes of at least 4 members (excludes halogenated alkanes) is 12. The van der Waals surface area contributed by atoms with Gasteiger partial charge in [-0.2, -0.15) is 0 Å². The van der Waals surface area contributed by atoms with Crippen molar-refractivity contribution >= 4 is 95.9 Å². The second-order valence-electron chi connectivity index (χ2n) is 11.0. The summed E-state index contributed by atoms with van der Waals surface area (Å²) in [5.41, 5.74) is 0. The van der Waals surface area contributed by atoms with E-state index in [1.54, 1.807) is 0 Å². The molecule has 0 aliphatic rings. The van der Waals surface area contributed by atoms with Gasteiger partial charge in [0.1, 0.15) is 0 Å². The Balaban J connectivity index is -0.000000262. The van der Waals surface area contributed by atoms with E-state index in [0.29, 0.717) is 13.0 Å². The van der Waals surface area contributed by atoms with Crippen LogP contribution in [0.2, 0.25) is 0 Å². The summed E-state index contributed by atoms with van der Waals surface area (Å²) in [4.78, 5) is 6.53. The van der Waals surface area contributed by atoms with E-state index < -0.39 is 0 Å². The Morgan fingerprint density at radius 2 is 0.488 bits per heavy atom. The maximum atomic E-state index is 5.06. The van der Waals surface area contributed by atoms with Gasteiger partial charge in [0.2, 0.25) is 0 Å². The van der Waals surface area contributed by atoms with E-state index in [-0.39, 0.29) is 8.41 Å². The Morgan fingerprint density at radius 1 is 0.349 bits per heavy atom. The van der Waals surface area contributed by atoms with Crippen molar-refractivity contribution in [2.24, 2.45) is 0 Å². The van der Waals surface area contributed by atoms with Crippen LogP contribution >= 0.6 is 36.7 Å². The van der Waals surface area contributed by atoms with Crippen molar-refractivity contribution in [2.75, 3.05) is 39.3 Å². The van der Waals surface area contributed by atoms with Crippen LogP contribution < -0.4 is 0 Å². The Labute approximate surface area is 305 Å². The standard InChI is InChI=1S/3C11H23NS2.B/c3*1-3-5-7-9-12(11(13)14)10-8-6-4-2;/h3*3-10H2,1-2H3,(H,13,14);/q;;;+3/p-3. The fourth-order valence-corrected chi connectivity index (χ4v) is 5.29. The maximum absolute atomic E-state index is 5.06. The molecule has 0 atom stereocenters. The van der Waals surface area contributed by atoms with Crippen LogP contribution in [0.3, 0.4) is 0 Å². The van der Waals surface area contributed by atoms with Crippen molar-refractivity contribution in [2.45, 2.75) is 157 Å². The predicted molar refractivity (Wildman–Crippen MR) is 218 cm³/mol. The first-order valence-corrected chi connectivity index (χ1v) is 19.5. The first kappa shape index (κ1) is 50.3. The minimum Gasteiger partial charge on any atom is -0.411 e. The van der Waals surface area contributed by atoms with Crippen molar-refractivity contribution in [3.05, 3.63) is 0 Å². The summed E-state index contributed by atoms with van der Waals surface area (Å²) >= 11 is 30.3. The third kappa shape index (κ3) is 38.5. The molecule has 0 rings (SSSR count). The van der Waals surface area contributed by atoms with Gasteiger partial charge in [0.15, 0.2) is 0 Å². The Kier molecular flexibility index (Phi) is 47.2. The van der Waals surface area contributed by atoms with Crippen molar-refractivity contribution in [3.63, 3.8) is 0 Å². The van der Waals surface area contributed by atoms with Crippen LogP contribution in [0.25, 0.3) is 0 Å². The molecule has 0 spiro atoms. The molecule has 0 saturated heterocycles. The Hall–Kier alpha value is 0.395. The largest absolute Gasteiger partial charge is 3.00 e. The van der Waals surface area contributed by atoms with Gasteiger partial charge < -0.3 is 89.2 Å². The summed E-state index contributed by atoms with van der Waals surface area (Å²) in [5.74, 6) is 0. The maximum Gasteiger partial charge on any atom is 3.00 e. The molecule has 0 amide bonds. The molecule has 0 radical (unpaired) electrons. The van der Waals surface area contributed by atoms with Gasteiger partial charge in [-0.15, -0.1) is 0 Å². The Bertz CT molecular complexity index is 502. The predicted octanol–water partition coefficient (Wildman–Crippen LogP) is 10.1. The zero-order valence-electron chi connectivity index (χ0n) is 28.8. The molecule has 252 valence electrons. The van der Waals surface area contributed by atoms with Crippen molar-refractivity contribution < 1.29 is 0 Å². The van der Waals surface area contributed by atoms with Crippen LogP contribution in [0.5, 0.6) is 0 Å². The van der Waals surface area contributed by atoms with E-state index in [4.69, 9.17) is 74.5 Å². The molecule has 0 aromatic rings. The third-order valence-electron chi connectivity index (χ3n) is 6.96. The molecule has 10 heteroatoms. The van der Waals surface area contributed by atoms with Crippen molar-refractivity contribution in [1.29, 1.82) is 0 Å². The molecule has 0 aromatic heterocycles. The van der Waals surface area contributed by atoms with Gasteiger partial charge in [0.05, 0.1) is 0 Å². The fourth-order valence-electron chi connectivity index (χ4n) is 4.20. The molecule has 0 bridgehead atoms. The van der Waals surface area contributed by atoms with Crippen molar-refractivity contribution in [1.82, 2.24) is 14.7 Å². The van der Waals surface area contributed by atoms with Gasteiger partial charge in [0, 0.05) is 39.3 Å². The van der Waals surface area contributed by atoms with Crippen molar-refractivity contribution in [3.8, 4) is 0 Å². The number of hydrogen-bond acceptors (Lipinski definition) is 6. The summed E-state index contributed by atoms with van der Waals surface area (Å²) in [5, 5.41) is 0. The van der Waals surface area contributed by atoms with Crippen LogP contribution in [0, 0.1) is 0 Å². The van der Waals surface area contributed by atoms with E-state index >= 15 is 0 Å². The molecule has 3 nitrogen and oxygen atoms in total. The molecule has 0 unspecified atom stereocenters. The molecule has 43 heavy (non-hydrogen) atoms. The van der Waals surface area contributed by atoms with Crippen LogP contribution in [0.4, 0.5) is 0 Å². The smallest absolute Gasteiger partial charge is 0.411 e. The molecule has 0 saturated carbocycles. The third-order valence-corrected chi connectivity index (χ3v) is 8.51. The van der Waals surface area contributed by atoms with Crippen LogP contribution in [0.1, 0.15) is 157 Å². The molecular formula is C33H66BN3S6. The van der Waals surface area contributed by atoms with Gasteiger partial charge in [-0.25, -0.2) is 0 Å².